The first-order chi connectivity index (χ1) is 13.0. The van der Waals surface area contributed by atoms with Gasteiger partial charge < -0.3 is 14.7 Å². The molecule has 0 fully saturated rings. The maximum atomic E-state index is 12.3. The summed E-state index contributed by atoms with van der Waals surface area (Å²) in [6.45, 7) is 3.44. The van der Waals surface area contributed by atoms with Crippen molar-refractivity contribution in [2.45, 2.75) is 26.0 Å². The molecule has 1 N–H and O–H groups in total. The number of benzene rings is 2. The van der Waals surface area contributed by atoms with E-state index in [-0.39, 0.29) is 6.61 Å². The zero-order valence-corrected chi connectivity index (χ0v) is 15.9. The van der Waals surface area contributed by atoms with Gasteiger partial charge in [-0.15, -0.1) is 0 Å². The zero-order chi connectivity index (χ0) is 19.4. The van der Waals surface area contributed by atoms with Gasteiger partial charge in [-0.2, -0.15) is 0 Å². The molecule has 3 aromatic rings. The number of anilines is 1. The molecule has 1 heterocycles. The van der Waals surface area contributed by atoms with Crippen molar-refractivity contribution in [1.82, 2.24) is 4.98 Å². The smallest absolute Gasteiger partial charge is 0.120 e. The molecule has 0 spiro atoms. The van der Waals surface area contributed by atoms with Crippen LogP contribution in [0.5, 0.6) is 5.75 Å². The highest BCUT2D eigenvalue weighted by Gasteiger charge is 2.08. The van der Waals surface area contributed by atoms with Crippen molar-refractivity contribution < 1.29 is 14.2 Å². The van der Waals surface area contributed by atoms with Crippen LogP contribution in [0.25, 0.3) is 22.2 Å². The lowest BCUT2D eigenvalue weighted by Gasteiger charge is -2.23. The average molecular weight is 368 g/mol. The third-order valence-electron chi connectivity index (χ3n) is 4.63. The molecule has 0 aliphatic carbocycles. The van der Waals surface area contributed by atoms with E-state index in [1.165, 1.54) is 5.69 Å². The van der Waals surface area contributed by atoms with Crippen LogP contribution in [0.4, 0.5) is 10.1 Å². The Labute approximate surface area is 159 Å². The van der Waals surface area contributed by atoms with Gasteiger partial charge in [0.2, 0.25) is 0 Å². The highest BCUT2D eigenvalue weighted by atomic mass is 19.1. The Kier molecular flexibility index (Phi) is 5.91. The fourth-order valence-electron chi connectivity index (χ4n) is 2.76. The standard InChI is InChI=1S/C22H25FN2O2/c1-15(2)25(3)18-7-4-16(5-8-18)21-10-6-17-12-20(9-11-22(17)24-21)27-14-19(26)13-23/h4-12,15,19,26H,13-14H2,1-3H3. The third kappa shape index (κ3) is 4.55. The first kappa shape index (κ1) is 19.1. The second-order valence-electron chi connectivity index (χ2n) is 6.92. The van der Waals surface area contributed by atoms with Crippen LogP contribution in [-0.2, 0) is 0 Å². The van der Waals surface area contributed by atoms with Crippen molar-refractivity contribution in [3.63, 3.8) is 0 Å². The minimum atomic E-state index is -1.10. The Morgan fingerprint density at radius 3 is 2.48 bits per heavy atom. The third-order valence-corrected chi connectivity index (χ3v) is 4.63. The molecule has 0 bridgehead atoms. The van der Waals surface area contributed by atoms with E-state index in [0.29, 0.717) is 11.8 Å². The number of pyridine rings is 1. The maximum Gasteiger partial charge on any atom is 0.120 e. The Hall–Kier alpha value is -2.66. The number of fused-ring (bicyclic) bond motifs is 1. The van der Waals surface area contributed by atoms with Gasteiger partial charge in [-0.3, -0.25) is 0 Å². The monoisotopic (exact) mass is 368 g/mol. The molecule has 0 saturated carbocycles. The first-order valence-corrected chi connectivity index (χ1v) is 9.09. The molecular formula is C22H25FN2O2. The van der Waals surface area contributed by atoms with Crippen LogP contribution in [0.1, 0.15) is 13.8 Å². The van der Waals surface area contributed by atoms with Gasteiger partial charge in [-0.25, -0.2) is 9.37 Å². The maximum absolute atomic E-state index is 12.3. The minimum Gasteiger partial charge on any atom is -0.491 e. The summed E-state index contributed by atoms with van der Waals surface area (Å²) in [5.41, 5.74) is 3.99. The van der Waals surface area contributed by atoms with E-state index in [1.54, 1.807) is 6.07 Å². The number of nitrogens with zero attached hydrogens (tertiary/aromatic N) is 2. The molecule has 5 heteroatoms. The summed E-state index contributed by atoms with van der Waals surface area (Å²) < 4.78 is 17.7. The summed E-state index contributed by atoms with van der Waals surface area (Å²) in [6, 6.07) is 18.3. The quantitative estimate of drug-likeness (QED) is 0.669. The Morgan fingerprint density at radius 2 is 1.81 bits per heavy atom. The first-order valence-electron chi connectivity index (χ1n) is 9.09. The molecule has 1 atom stereocenters. The Bertz CT molecular complexity index is 896. The van der Waals surface area contributed by atoms with E-state index in [9.17, 15) is 9.50 Å². The van der Waals surface area contributed by atoms with Gasteiger partial charge in [0.05, 0.1) is 11.2 Å². The van der Waals surface area contributed by atoms with Crippen molar-refractivity contribution in [2.24, 2.45) is 0 Å². The molecule has 1 aromatic heterocycles. The molecule has 0 aliphatic heterocycles. The van der Waals surface area contributed by atoms with Crippen molar-refractivity contribution >= 4 is 16.6 Å². The lowest BCUT2D eigenvalue weighted by atomic mass is 10.1. The van der Waals surface area contributed by atoms with Crippen LogP contribution in [0.3, 0.4) is 0 Å². The van der Waals surface area contributed by atoms with Gasteiger partial charge in [0.1, 0.15) is 25.1 Å². The second-order valence-corrected chi connectivity index (χ2v) is 6.92. The van der Waals surface area contributed by atoms with Crippen LogP contribution < -0.4 is 9.64 Å². The largest absolute Gasteiger partial charge is 0.491 e. The average Bonchev–Trinajstić information content (AvgIpc) is 2.70. The summed E-state index contributed by atoms with van der Waals surface area (Å²) in [4.78, 5) is 6.95. The Morgan fingerprint density at radius 1 is 1.07 bits per heavy atom. The van der Waals surface area contributed by atoms with Crippen molar-refractivity contribution in [1.29, 1.82) is 0 Å². The number of halogens is 1. The number of alkyl halides is 1. The lowest BCUT2D eigenvalue weighted by molar-refractivity contribution is 0.0842. The molecule has 142 valence electrons. The lowest BCUT2D eigenvalue weighted by Crippen LogP contribution is -2.25. The highest BCUT2D eigenvalue weighted by Crippen LogP contribution is 2.26. The molecule has 2 aromatic carbocycles. The number of aromatic nitrogens is 1. The van der Waals surface area contributed by atoms with E-state index in [2.05, 4.69) is 50.1 Å². The highest BCUT2D eigenvalue weighted by molar-refractivity contribution is 5.83. The number of aliphatic hydroxyl groups excluding tert-OH is 1. The second kappa shape index (κ2) is 8.35. The van der Waals surface area contributed by atoms with E-state index < -0.39 is 12.8 Å². The van der Waals surface area contributed by atoms with E-state index in [0.717, 1.165) is 22.2 Å². The molecule has 1 unspecified atom stereocenters. The van der Waals surface area contributed by atoms with Crippen molar-refractivity contribution in [2.75, 3.05) is 25.2 Å². The van der Waals surface area contributed by atoms with Crippen LogP contribution in [0.15, 0.2) is 54.6 Å². The van der Waals surface area contributed by atoms with Crippen molar-refractivity contribution in [3.8, 4) is 17.0 Å². The number of hydrogen-bond acceptors (Lipinski definition) is 4. The summed E-state index contributed by atoms with van der Waals surface area (Å²) in [7, 11) is 2.08. The molecule has 27 heavy (non-hydrogen) atoms. The number of ether oxygens (including phenoxy) is 1. The molecule has 0 amide bonds. The molecule has 0 radical (unpaired) electrons. The summed E-state index contributed by atoms with van der Waals surface area (Å²) in [6.07, 6.45) is -1.10. The number of rotatable bonds is 7. The molecule has 4 nitrogen and oxygen atoms in total. The number of aliphatic hydroxyl groups is 1. The normalized spacial score (nSPS) is 12.4. The predicted octanol–water partition coefficient (Wildman–Crippen LogP) is 4.46. The predicted molar refractivity (Wildman–Crippen MR) is 108 cm³/mol. The number of hydrogen-bond donors (Lipinski definition) is 1. The summed E-state index contributed by atoms with van der Waals surface area (Å²) in [5.74, 6) is 0.589. The van der Waals surface area contributed by atoms with Crippen LogP contribution in [-0.4, -0.2) is 42.6 Å². The minimum absolute atomic E-state index is 0.0648. The summed E-state index contributed by atoms with van der Waals surface area (Å²) in [5, 5.41) is 10.2. The van der Waals surface area contributed by atoms with Crippen LogP contribution >= 0.6 is 0 Å². The van der Waals surface area contributed by atoms with Crippen molar-refractivity contribution in [3.05, 3.63) is 54.6 Å². The van der Waals surface area contributed by atoms with Gasteiger partial charge in [-0.1, -0.05) is 18.2 Å². The topological polar surface area (TPSA) is 45.6 Å². The van der Waals surface area contributed by atoms with Gasteiger partial charge in [-0.05, 0) is 50.2 Å². The van der Waals surface area contributed by atoms with Gasteiger partial charge in [0, 0.05) is 29.7 Å². The molecular weight excluding hydrogens is 343 g/mol. The van der Waals surface area contributed by atoms with Gasteiger partial charge >= 0.3 is 0 Å². The van der Waals surface area contributed by atoms with E-state index in [1.807, 2.05) is 24.3 Å². The van der Waals surface area contributed by atoms with Crippen LogP contribution in [0.2, 0.25) is 0 Å². The molecule has 0 saturated heterocycles. The fourth-order valence-corrected chi connectivity index (χ4v) is 2.76. The fraction of sp³-hybridized carbons (Fsp3) is 0.318. The zero-order valence-electron chi connectivity index (χ0n) is 15.9. The summed E-state index contributed by atoms with van der Waals surface area (Å²) >= 11 is 0. The van der Waals surface area contributed by atoms with Gasteiger partial charge in [0.15, 0.2) is 0 Å². The van der Waals surface area contributed by atoms with Gasteiger partial charge in [0.25, 0.3) is 0 Å². The molecule has 3 rings (SSSR count). The van der Waals surface area contributed by atoms with Crippen LogP contribution in [0, 0.1) is 0 Å². The van der Waals surface area contributed by atoms with E-state index >= 15 is 0 Å². The van der Waals surface area contributed by atoms with E-state index in [4.69, 9.17) is 9.72 Å². The SMILES string of the molecule is CC(C)N(C)c1ccc(-c2ccc3cc(OCC(O)CF)ccc3n2)cc1. The Balaban J connectivity index is 1.80. The molecule has 0 aliphatic rings.